The van der Waals surface area contributed by atoms with Crippen LogP contribution in [0, 0.1) is 13.8 Å². The van der Waals surface area contributed by atoms with Gasteiger partial charge in [-0.25, -0.2) is 0 Å². The molecule has 5 aromatic rings. The Bertz CT molecular complexity index is 1210. The third kappa shape index (κ3) is 3.40. The van der Waals surface area contributed by atoms with Crippen molar-refractivity contribution in [2.24, 2.45) is 0 Å². The molecule has 0 heterocycles. The Hall–Kier alpha value is -1.71. The van der Waals surface area contributed by atoms with Crippen LogP contribution in [0.3, 0.4) is 0 Å². The Morgan fingerprint density at radius 3 is 1.43 bits per heavy atom. The molecule has 5 aromatic carbocycles. The fourth-order valence-corrected chi connectivity index (χ4v) is 10.2. The number of fused-ring (bicyclic) bond motifs is 2. The van der Waals surface area contributed by atoms with Crippen LogP contribution in [0.2, 0.25) is 6.55 Å². The molecule has 0 saturated carbocycles. The average Bonchev–Trinajstić information content (AvgIpc) is 3.24. The summed E-state index contributed by atoms with van der Waals surface area (Å²) in [4.78, 5) is 0. The second-order valence-electron chi connectivity index (χ2n) is 8.07. The number of hydrogen-bond donors (Lipinski definition) is 0. The predicted octanol–water partition coefficient (Wildman–Crippen LogP) is -0.844. The first kappa shape index (κ1) is 23.0. The summed E-state index contributed by atoms with van der Waals surface area (Å²) in [5.74, 6) is 0. The quantitative estimate of drug-likeness (QED) is 0.278. The number of rotatable bonds is 3. The number of aryl methyl sites for hydroxylation is 2. The van der Waals surface area contributed by atoms with E-state index in [0.29, 0.717) is 0 Å². The third-order valence-corrected chi connectivity index (χ3v) is 11.2. The van der Waals surface area contributed by atoms with E-state index in [0.717, 1.165) is 0 Å². The van der Waals surface area contributed by atoms with Crippen LogP contribution in [0.15, 0.2) is 91.0 Å². The molecule has 0 aliphatic heterocycles. The van der Waals surface area contributed by atoms with E-state index < -0.39 is 8.07 Å². The van der Waals surface area contributed by atoms with E-state index in [-0.39, 0.29) is 37.7 Å². The maximum Gasteiger partial charge on any atom is 1.00 e. The van der Waals surface area contributed by atoms with Gasteiger partial charge >= 0.3 is 37.7 Å². The van der Waals surface area contributed by atoms with Gasteiger partial charge in [0.15, 0.2) is 0 Å². The van der Waals surface area contributed by atoms with E-state index in [4.69, 9.17) is 0 Å². The summed E-state index contributed by atoms with van der Waals surface area (Å²) in [6.07, 6.45) is 0. The minimum absolute atomic E-state index is 0. The van der Waals surface area contributed by atoms with Gasteiger partial charge in [0.2, 0.25) is 0 Å². The van der Waals surface area contributed by atoms with Crippen molar-refractivity contribution < 1.29 is 37.7 Å². The van der Waals surface area contributed by atoms with Crippen LogP contribution < -0.4 is 53.3 Å². The summed E-state index contributed by atoms with van der Waals surface area (Å²) in [7, 11) is -2.19. The molecule has 0 fully saturated rings. The van der Waals surface area contributed by atoms with E-state index in [1.807, 2.05) is 0 Å². The molecule has 138 valence electrons. The molecule has 0 nitrogen and oxygen atoms in total. The van der Waals surface area contributed by atoms with E-state index in [9.17, 15) is 0 Å². The van der Waals surface area contributed by atoms with Gasteiger partial charge in [-0.15, -0.1) is 81.2 Å². The Labute approximate surface area is 204 Å². The molecular weight excluding hydrogens is 366 g/mol. The molecule has 0 amide bonds. The van der Waals surface area contributed by atoms with Gasteiger partial charge in [0.05, 0.1) is 0 Å². The molecule has 0 atom stereocenters. The maximum absolute atomic E-state index is 2.55. The van der Waals surface area contributed by atoms with Gasteiger partial charge < -0.3 is 0 Å². The second-order valence-corrected chi connectivity index (χ2v) is 11.9. The summed E-state index contributed by atoms with van der Waals surface area (Å²) < 4.78 is 0. The topological polar surface area (TPSA) is 0 Å². The number of benzene rings is 3. The van der Waals surface area contributed by atoms with E-state index in [1.165, 1.54) is 37.9 Å². The SMILES string of the molecule is Cc1[cH-]c2ccccc2c1[Si](C)(c1ccccc1)c1c(C)[cH-]c2ccccc12.[Li+].[Li+]. The largest absolute Gasteiger partial charge is 1.00 e. The summed E-state index contributed by atoms with van der Waals surface area (Å²) in [6.45, 7) is 7.14. The zero-order valence-electron chi connectivity index (χ0n) is 18.7. The zero-order chi connectivity index (χ0) is 19.3. The third-order valence-electron chi connectivity index (χ3n) is 6.34. The van der Waals surface area contributed by atoms with Crippen LogP contribution >= 0.6 is 0 Å². The van der Waals surface area contributed by atoms with Crippen molar-refractivity contribution in [2.75, 3.05) is 0 Å². The minimum atomic E-state index is -2.19. The molecule has 0 aliphatic carbocycles. The van der Waals surface area contributed by atoms with Crippen molar-refractivity contribution in [3.05, 3.63) is 102 Å². The van der Waals surface area contributed by atoms with Gasteiger partial charge in [-0.1, -0.05) is 68.0 Å². The molecule has 5 rings (SSSR count). The molecule has 30 heavy (non-hydrogen) atoms. The molecule has 3 heteroatoms. The first-order valence-electron chi connectivity index (χ1n) is 9.97. The van der Waals surface area contributed by atoms with Gasteiger partial charge in [0.25, 0.3) is 0 Å². The molecule has 0 unspecified atom stereocenters. The van der Waals surface area contributed by atoms with E-state index >= 15 is 0 Å². The van der Waals surface area contributed by atoms with Crippen molar-refractivity contribution in [2.45, 2.75) is 20.4 Å². The summed E-state index contributed by atoms with van der Waals surface area (Å²) in [5, 5.41) is 10.2. The number of hydrogen-bond acceptors (Lipinski definition) is 0. The Morgan fingerprint density at radius 1 is 0.567 bits per heavy atom. The van der Waals surface area contributed by atoms with Gasteiger partial charge in [-0.05, 0) is 0 Å². The first-order chi connectivity index (χ1) is 13.6. The van der Waals surface area contributed by atoms with Gasteiger partial charge in [-0.2, -0.15) is 10.4 Å². The van der Waals surface area contributed by atoms with E-state index in [2.05, 4.69) is 111 Å². The van der Waals surface area contributed by atoms with Crippen molar-refractivity contribution in [1.29, 1.82) is 0 Å². The summed E-state index contributed by atoms with van der Waals surface area (Å²) in [6, 6.07) is 33.7. The molecule has 0 aromatic heterocycles. The van der Waals surface area contributed by atoms with Crippen LogP contribution in [0.4, 0.5) is 0 Å². The fraction of sp³-hybridized carbons (Fsp3) is 0.111. The molecule has 0 spiro atoms. The minimum Gasteiger partial charge on any atom is -0.154 e. The Balaban J connectivity index is 0.00000128. The van der Waals surface area contributed by atoms with Crippen LogP contribution in [0.5, 0.6) is 0 Å². The standard InChI is InChI=1S/C27H24Si.2Li/c1-19-17-21-11-7-9-15-24(21)26(19)28(3,23-13-5-4-6-14-23)27-20(2)18-22-12-8-10-16-25(22)27;;/h4-18H,1-3H3;;/q-2;2*+1. The monoisotopic (exact) mass is 390 g/mol. The molecule has 0 radical (unpaired) electrons. The van der Waals surface area contributed by atoms with Crippen LogP contribution in [0.1, 0.15) is 11.1 Å². The first-order valence-corrected chi connectivity index (χ1v) is 12.5. The average molecular weight is 390 g/mol. The smallest absolute Gasteiger partial charge is 0.154 e. The molecule has 0 bridgehead atoms. The van der Waals surface area contributed by atoms with Crippen LogP contribution in [0.25, 0.3) is 21.5 Å². The van der Waals surface area contributed by atoms with Crippen molar-refractivity contribution >= 4 is 45.2 Å². The van der Waals surface area contributed by atoms with Crippen LogP contribution in [-0.2, 0) is 0 Å². The Morgan fingerprint density at radius 2 is 0.967 bits per heavy atom. The van der Waals surface area contributed by atoms with Crippen molar-refractivity contribution in [3.8, 4) is 0 Å². The van der Waals surface area contributed by atoms with E-state index in [1.54, 1.807) is 10.4 Å². The molecule has 0 N–H and O–H groups in total. The van der Waals surface area contributed by atoms with Crippen molar-refractivity contribution in [3.63, 3.8) is 0 Å². The maximum atomic E-state index is 2.55. The summed E-state index contributed by atoms with van der Waals surface area (Å²) in [5.41, 5.74) is 2.84. The molecule has 0 aliphatic rings. The van der Waals surface area contributed by atoms with Crippen molar-refractivity contribution in [1.82, 2.24) is 0 Å². The van der Waals surface area contributed by atoms with Crippen LogP contribution in [-0.4, -0.2) is 8.07 Å². The molecule has 0 saturated heterocycles. The zero-order valence-corrected chi connectivity index (χ0v) is 19.7. The fourth-order valence-electron chi connectivity index (χ4n) is 5.25. The molecular formula is C27H24Li2Si. The summed E-state index contributed by atoms with van der Waals surface area (Å²) >= 11 is 0. The normalized spacial score (nSPS) is 11.3. The van der Waals surface area contributed by atoms with Gasteiger partial charge in [0.1, 0.15) is 0 Å². The van der Waals surface area contributed by atoms with Gasteiger partial charge in [-0.3, -0.25) is 0 Å². The van der Waals surface area contributed by atoms with Gasteiger partial charge in [0, 0.05) is 8.07 Å². The predicted molar refractivity (Wildman–Crippen MR) is 126 cm³/mol. The Kier molecular flexibility index (Phi) is 6.74. The second kappa shape index (κ2) is 8.80.